The van der Waals surface area contributed by atoms with E-state index >= 15 is 4.39 Å². The van der Waals surface area contributed by atoms with E-state index in [-0.39, 0.29) is 33.1 Å². The molecule has 0 bridgehead atoms. The highest BCUT2D eigenvalue weighted by Gasteiger charge is 2.21. The molecule has 6 rings (SSSR count). The molecule has 3 aromatic heterocycles. The van der Waals surface area contributed by atoms with Crippen molar-refractivity contribution in [3.63, 3.8) is 0 Å². The van der Waals surface area contributed by atoms with Crippen LogP contribution in [0.1, 0.15) is 38.3 Å². The number of halogens is 2. The number of sulfonamides is 1. The molecule has 1 saturated heterocycles. The predicted octanol–water partition coefficient (Wildman–Crippen LogP) is 5.83. The first-order valence-corrected chi connectivity index (χ1v) is 15.3. The number of rotatable bonds is 7. The maximum absolute atomic E-state index is 15.7. The van der Waals surface area contributed by atoms with E-state index in [0.717, 1.165) is 43.1 Å². The lowest BCUT2D eigenvalue weighted by Crippen LogP contribution is -2.38. The van der Waals surface area contributed by atoms with Gasteiger partial charge in [0.2, 0.25) is 5.95 Å². The molecule has 1 aliphatic heterocycles. The van der Waals surface area contributed by atoms with E-state index in [4.69, 9.17) is 21.6 Å². The molecule has 9 nitrogen and oxygen atoms in total. The Kier molecular flexibility index (Phi) is 7.27. The van der Waals surface area contributed by atoms with E-state index in [0.29, 0.717) is 22.8 Å². The molecule has 3 N–H and O–H groups in total. The third-order valence-corrected chi connectivity index (χ3v) is 9.03. The molecule has 1 aliphatic rings. The van der Waals surface area contributed by atoms with Crippen molar-refractivity contribution in [3.8, 4) is 11.1 Å². The molecule has 1 atom stereocenters. The molecule has 0 aliphatic carbocycles. The quantitative estimate of drug-likeness (QED) is 0.218. The smallest absolute Gasteiger partial charge is 0.263 e. The summed E-state index contributed by atoms with van der Waals surface area (Å²) in [4.78, 5) is 14.1. The van der Waals surface area contributed by atoms with Crippen LogP contribution in [0.5, 0.6) is 0 Å². The number of hydrogen-bond acceptors (Lipinski definition) is 7. The third-order valence-electron chi connectivity index (χ3n) is 7.15. The largest absolute Gasteiger partial charge is 0.350 e. The second-order valence-electron chi connectivity index (χ2n) is 10.5. The first kappa shape index (κ1) is 27.4. The van der Waals surface area contributed by atoms with Crippen molar-refractivity contribution >= 4 is 49.9 Å². The Hall–Kier alpha value is -3.80. The molecular weight excluding hydrogens is 565 g/mol. The Morgan fingerprint density at radius 3 is 2.66 bits per heavy atom. The van der Waals surface area contributed by atoms with Crippen LogP contribution in [0, 0.1) is 5.82 Å². The standard InChI is InChI=1S/C29H29ClFN7O2S/c1-17(2)25-16-38-27-18(14-33-29(36-27)34-20-6-5-11-32-15-20)12-22(28(38)35-25)21-10-9-19(13-24(21)31)37-41(39,40)26-8-4-3-7-23(26)30/h3-4,7-10,12-14,16-17,20,32,37H,5-6,11,15H2,1-2H3,(H,33,34,36). The zero-order chi connectivity index (χ0) is 28.7. The number of nitrogens with zero attached hydrogens (tertiary/aromatic N) is 4. The van der Waals surface area contributed by atoms with Gasteiger partial charge in [-0.05, 0) is 61.7 Å². The minimum absolute atomic E-state index is 0.0745. The molecule has 1 fully saturated rings. The summed E-state index contributed by atoms with van der Waals surface area (Å²) in [6.07, 6.45) is 5.77. The summed E-state index contributed by atoms with van der Waals surface area (Å²) in [7, 11) is -4.01. The van der Waals surface area contributed by atoms with Crippen molar-refractivity contribution in [3.05, 3.63) is 77.5 Å². The highest BCUT2D eigenvalue weighted by atomic mass is 35.5. The van der Waals surface area contributed by atoms with E-state index in [9.17, 15) is 8.42 Å². The number of aromatic nitrogens is 4. The number of hydrogen-bond donors (Lipinski definition) is 3. The molecule has 212 valence electrons. The molecule has 0 saturated carbocycles. The lowest BCUT2D eigenvalue weighted by atomic mass is 10.0. The molecular formula is C29H29ClFN7O2S. The van der Waals surface area contributed by atoms with E-state index < -0.39 is 15.8 Å². The Morgan fingerprint density at radius 1 is 1.10 bits per heavy atom. The first-order chi connectivity index (χ1) is 19.7. The van der Waals surface area contributed by atoms with Gasteiger partial charge in [0.05, 0.1) is 16.4 Å². The molecule has 5 aromatic rings. The number of fused-ring (bicyclic) bond motifs is 3. The van der Waals surface area contributed by atoms with Gasteiger partial charge in [0.15, 0.2) is 5.65 Å². The Bertz CT molecular complexity index is 1870. The van der Waals surface area contributed by atoms with Gasteiger partial charge in [-0.25, -0.2) is 22.8 Å². The lowest BCUT2D eigenvalue weighted by Gasteiger charge is -2.23. The second-order valence-corrected chi connectivity index (χ2v) is 12.5. The molecule has 4 heterocycles. The van der Waals surface area contributed by atoms with Gasteiger partial charge >= 0.3 is 0 Å². The number of nitrogens with one attached hydrogen (secondary N) is 3. The summed E-state index contributed by atoms with van der Waals surface area (Å²) < 4.78 is 45.7. The summed E-state index contributed by atoms with van der Waals surface area (Å²) in [5.41, 5.74) is 2.94. The molecule has 1 unspecified atom stereocenters. The Balaban J connectivity index is 1.40. The van der Waals surface area contributed by atoms with Crippen molar-refractivity contribution in [2.24, 2.45) is 0 Å². The first-order valence-electron chi connectivity index (χ1n) is 13.4. The summed E-state index contributed by atoms with van der Waals surface area (Å²) in [5, 5.41) is 7.60. The minimum Gasteiger partial charge on any atom is -0.350 e. The molecule has 0 radical (unpaired) electrons. The van der Waals surface area contributed by atoms with Crippen LogP contribution in [0.2, 0.25) is 5.02 Å². The van der Waals surface area contributed by atoms with E-state index in [1.54, 1.807) is 18.3 Å². The van der Waals surface area contributed by atoms with Gasteiger partial charge in [-0.3, -0.25) is 9.12 Å². The van der Waals surface area contributed by atoms with Crippen molar-refractivity contribution in [2.45, 2.75) is 43.5 Å². The normalized spacial score (nSPS) is 16.0. The highest BCUT2D eigenvalue weighted by Crippen LogP contribution is 2.34. The van der Waals surface area contributed by atoms with E-state index in [1.165, 1.54) is 24.3 Å². The number of piperidine rings is 1. The van der Waals surface area contributed by atoms with Crippen LogP contribution in [0.3, 0.4) is 0 Å². The maximum Gasteiger partial charge on any atom is 0.263 e. The fourth-order valence-electron chi connectivity index (χ4n) is 5.02. The van der Waals surface area contributed by atoms with Gasteiger partial charge in [0, 0.05) is 41.5 Å². The zero-order valence-corrected chi connectivity index (χ0v) is 24.1. The average molecular weight is 594 g/mol. The van der Waals surface area contributed by atoms with Crippen molar-refractivity contribution < 1.29 is 12.8 Å². The van der Waals surface area contributed by atoms with Crippen LogP contribution >= 0.6 is 11.6 Å². The van der Waals surface area contributed by atoms with Crippen LogP contribution in [-0.2, 0) is 10.0 Å². The topological polar surface area (TPSA) is 113 Å². The van der Waals surface area contributed by atoms with Crippen LogP contribution in [0.25, 0.3) is 27.8 Å². The summed E-state index contributed by atoms with van der Waals surface area (Å²) in [6.45, 7) is 5.95. The molecule has 12 heteroatoms. The summed E-state index contributed by atoms with van der Waals surface area (Å²) in [5.74, 6) is 0.0575. The van der Waals surface area contributed by atoms with Gasteiger partial charge in [0.1, 0.15) is 16.4 Å². The minimum atomic E-state index is -4.01. The van der Waals surface area contributed by atoms with Crippen LogP contribution in [-0.4, -0.2) is 46.9 Å². The van der Waals surface area contributed by atoms with E-state index in [2.05, 4.69) is 20.3 Å². The zero-order valence-electron chi connectivity index (χ0n) is 22.5. The molecule has 2 aromatic carbocycles. The van der Waals surface area contributed by atoms with Crippen molar-refractivity contribution in [1.29, 1.82) is 0 Å². The van der Waals surface area contributed by atoms with Crippen LogP contribution < -0.4 is 15.4 Å². The number of benzene rings is 2. The third kappa shape index (κ3) is 5.44. The van der Waals surface area contributed by atoms with Crippen LogP contribution in [0.15, 0.2) is 65.8 Å². The summed E-state index contributed by atoms with van der Waals surface area (Å²) >= 11 is 6.08. The van der Waals surface area contributed by atoms with Crippen LogP contribution in [0.4, 0.5) is 16.0 Å². The van der Waals surface area contributed by atoms with Gasteiger partial charge in [-0.15, -0.1) is 0 Å². The number of imidazole rings is 1. The monoisotopic (exact) mass is 593 g/mol. The van der Waals surface area contributed by atoms with Gasteiger partial charge in [-0.2, -0.15) is 4.98 Å². The summed E-state index contributed by atoms with van der Waals surface area (Å²) in [6, 6.07) is 12.3. The second kappa shape index (κ2) is 10.9. The SMILES string of the molecule is CC(C)c1cn2c(n1)c(-c1ccc(NS(=O)(=O)c3ccccc3Cl)cc1F)cc1cnc(NC3CCCNC3)nc12. The lowest BCUT2D eigenvalue weighted by molar-refractivity contribution is 0.478. The molecule has 0 spiro atoms. The van der Waals surface area contributed by atoms with E-state index in [1.807, 2.05) is 30.5 Å². The Labute approximate surface area is 242 Å². The fourth-order valence-corrected chi connectivity index (χ4v) is 6.59. The fraction of sp³-hybridized carbons (Fsp3) is 0.276. The van der Waals surface area contributed by atoms with Crippen molar-refractivity contribution in [1.82, 2.24) is 24.7 Å². The number of anilines is 2. The number of pyridine rings is 1. The molecule has 41 heavy (non-hydrogen) atoms. The van der Waals surface area contributed by atoms with Gasteiger partial charge < -0.3 is 10.6 Å². The molecule has 0 amide bonds. The predicted molar refractivity (Wildman–Crippen MR) is 160 cm³/mol. The highest BCUT2D eigenvalue weighted by molar-refractivity contribution is 7.92. The van der Waals surface area contributed by atoms with Gasteiger partial charge in [-0.1, -0.05) is 37.6 Å². The van der Waals surface area contributed by atoms with Crippen molar-refractivity contribution in [2.75, 3.05) is 23.1 Å². The van der Waals surface area contributed by atoms with Gasteiger partial charge in [0.25, 0.3) is 10.0 Å². The maximum atomic E-state index is 15.7. The Morgan fingerprint density at radius 2 is 1.93 bits per heavy atom. The average Bonchev–Trinajstić information content (AvgIpc) is 3.40.